The van der Waals surface area contributed by atoms with E-state index in [-0.39, 0.29) is 5.38 Å². The fourth-order valence-electron chi connectivity index (χ4n) is 0.525. The van der Waals surface area contributed by atoms with Crippen molar-refractivity contribution in [3.8, 4) is 0 Å². The molecule has 0 bridgehead atoms. The monoisotopic (exact) mass is 271 g/mol. The zero-order valence-electron chi connectivity index (χ0n) is 7.54. The predicted octanol–water partition coefficient (Wildman–Crippen LogP) is 3.06. The minimum atomic E-state index is -0.833. The summed E-state index contributed by atoms with van der Waals surface area (Å²) in [6.45, 7) is 1.08. The van der Waals surface area contributed by atoms with E-state index < -0.39 is 5.97 Å². The number of unbranched alkanes of at least 4 members (excludes halogenated alkanes) is 1. The zero-order valence-corrected chi connectivity index (χ0v) is 10.0. The molecule has 0 saturated carbocycles. The second-order valence-corrected chi connectivity index (χ2v) is 3.83. The maximum absolute atomic E-state index is 9.00. The number of rotatable bonds is 5. The molecule has 5 heteroatoms. The molecule has 0 aliphatic carbocycles. The third-order valence-electron chi connectivity index (χ3n) is 1.04. The van der Waals surface area contributed by atoms with Gasteiger partial charge >= 0.3 is 74.6 Å². The standard InChI is InChI=1S/C6H11Cl2.C2H4O2.Ni/c1-6(8)4-2-3-5-7;1-2(3)4;/h6H,1-5H2;1H3,(H,3,4);. The molecule has 13 heavy (non-hydrogen) atoms. The van der Waals surface area contributed by atoms with Crippen LogP contribution in [0.3, 0.4) is 0 Å². The van der Waals surface area contributed by atoms with Crippen LogP contribution in [0.1, 0.15) is 26.2 Å². The first-order chi connectivity index (χ1) is 6.04. The van der Waals surface area contributed by atoms with Gasteiger partial charge in [0.05, 0.1) is 0 Å². The van der Waals surface area contributed by atoms with Crippen LogP contribution in [0.5, 0.6) is 0 Å². The molecule has 0 aliphatic heterocycles. The topological polar surface area (TPSA) is 37.3 Å². The van der Waals surface area contributed by atoms with E-state index in [4.69, 9.17) is 33.1 Å². The number of aliphatic carboxylic acids is 1. The van der Waals surface area contributed by atoms with Crippen LogP contribution in [0.4, 0.5) is 0 Å². The van der Waals surface area contributed by atoms with E-state index >= 15 is 0 Å². The SMILES string of the molecule is CC(=O)O.ClCCCCC(Cl)[CH2][Ni]. The number of halogens is 2. The molecule has 0 heterocycles. The summed E-state index contributed by atoms with van der Waals surface area (Å²) in [5, 5.41) is 8.32. The maximum atomic E-state index is 9.00. The van der Waals surface area contributed by atoms with E-state index in [0.717, 1.165) is 32.1 Å². The molecule has 0 aromatic carbocycles. The number of hydrogen-bond donors (Lipinski definition) is 1. The number of carboxylic acids is 1. The van der Waals surface area contributed by atoms with Crippen LogP contribution in [-0.2, 0) is 20.3 Å². The molecule has 83 valence electrons. The number of carbonyl (C=O) groups is 1. The Bertz CT molecular complexity index is 119. The zero-order chi connectivity index (χ0) is 10.7. The molecular weight excluding hydrogens is 258 g/mol. The summed E-state index contributed by atoms with van der Waals surface area (Å²) >= 11 is 15.7. The molecule has 0 saturated heterocycles. The van der Waals surface area contributed by atoms with Crippen LogP contribution in [0.15, 0.2) is 0 Å². The second kappa shape index (κ2) is 12.5. The van der Waals surface area contributed by atoms with Crippen molar-refractivity contribution in [3.63, 3.8) is 0 Å². The van der Waals surface area contributed by atoms with E-state index in [2.05, 4.69) is 15.5 Å². The van der Waals surface area contributed by atoms with Gasteiger partial charge in [-0.25, -0.2) is 0 Å². The number of hydrogen-bond acceptors (Lipinski definition) is 1. The summed E-state index contributed by atoms with van der Waals surface area (Å²) in [6, 6.07) is 0. The Hall–Kier alpha value is 0.544. The number of carboxylic acid groups (broad SMARTS) is 1. The van der Waals surface area contributed by atoms with Crippen LogP contribution in [0.2, 0.25) is 5.39 Å². The molecule has 0 spiro atoms. The molecule has 0 aliphatic rings. The second-order valence-electron chi connectivity index (χ2n) is 2.43. The average molecular weight is 273 g/mol. The van der Waals surface area contributed by atoms with Crippen molar-refractivity contribution in [1.29, 1.82) is 0 Å². The molecule has 0 aromatic rings. The van der Waals surface area contributed by atoms with E-state index in [1.807, 2.05) is 0 Å². The van der Waals surface area contributed by atoms with Crippen molar-refractivity contribution in [2.75, 3.05) is 5.88 Å². The van der Waals surface area contributed by atoms with Gasteiger partial charge in [0.1, 0.15) is 0 Å². The summed E-state index contributed by atoms with van der Waals surface area (Å²) in [7, 11) is 0. The molecule has 0 amide bonds. The fraction of sp³-hybridized carbons (Fsp3) is 0.875. The summed E-state index contributed by atoms with van der Waals surface area (Å²) in [6.07, 6.45) is 3.19. The Balaban J connectivity index is 0. The molecular formula is C8H15Cl2NiO2. The third kappa shape index (κ3) is 24.5. The Kier molecular flexibility index (Phi) is 15.4. The Labute approximate surface area is 97.3 Å². The van der Waals surface area contributed by atoms with Gasteiger partial charge < -0.3 is 5.11 Å². The van der Waals surface area contributed by atoms with Gasteiger partial charge in [0.15, 0.2) is 0 Å². The summed E-state index contributed by atoms with van der Waals surface area (Å²) in [5.74, 6) is -0.0928. The Morgan fingerprint density at radius 1 is 1.54 bits per heavy atom. The van der Waals surface area contributed by atoms with Gasteiger partial charge in [0, 0.05) is 6.92 Å². The Morgan fingerprint density at radius 2 is 2.00 bits per heavy atom. The normalized spacial score (nSPS) is 11.5. The van der Waals surface area contributed by atoms with Crippen molar-refractivity contribution in [2.24, 2.45) is 0 Å². The molecule has 0 fully saturated rings. The molecule has 1 atom stereocenters. The van der Waals surface area contributed by atoms with Crippen molar-refractivity contribution in [2.45, 2.75) is 37.0 Å². The van der Waals surface area contributed by atoms with Gasteiger partial charge in [-0.05, 0) is 0 Å². The quantitative estimate of drug-likeness (QED) is 0.474. The average Bonchev–Trinajstić information content (AvgIpc) is 2.03. The van der Waals surface area contributed by atoms with E-state index in [9.17, 15) is 0 Å². The van der Waals surface area contributed by atoms with Gasteiger partial charge in [-0.15, -0.1) is 0 Å². The summed E-state index contributed by atoms with van der Waals surface area (Å²) in [4.78, 5) is 9.00. The van der Waals surface area contributed by atoms with Gasteiger partial charge in [-0.2, -0.15) is 0 Å². The van der Waals surface area contributed by atoms with Crippen molar-refractivity contribution in [1.82, 2.24) is 0 Å². The van der Waals surface area contributed by atoms with Crippen molar-refractivity contribution < 1.29 is 25.4 Å². The Morgan fingerprint density at radius 3 is 2.31 bits per heavy atom. The molecule has 1 unspecified atom stereocenters. The first kappa shape index (κ1) is 16.0. The van der Waals surface area contributed by atoms with E-state index in [0.29, 0.717) is 5.39 Å². The van der Waals surface area contributed by atoms with E-state index in [1.54, 1.807) is 0 Å². The predicted molar refractivity (Wildman–Crippen MR) is 52.3 cm³/mol. The van der Waals surface area contributed by atoms with Gasteiger partial charge in [-0.3, -0.25) is 4.79 Å². The van der Waals surface area contributed by atoms with Crippen LogP contribution in [0.25, 0.3) is 0 Å². The molecule has 1 N–H and O–H groups in total. The molecule has 0 aromatic heterocycles. The van der Waals surface area contributed by atoms with Crippen LogP contribution in [-0.4, -0.2) is 22.3 Å². The fourth-order valence-corrected chi connectivity index (χ4v) is 1.07. The van der Waals surface area contributed by atoms with Gasteiger partial charge in [-0.1, -0.05) is 0 Å². The first-order valence-electron chi connectivity index (χ1n) is 3.95. The molecule has 0 radical (unpaired) electrons. The van der Waals surface area contributed by atoms with E-state index in [1.165, 1.54) is 0 Å². The van der Waals surface area contributed by atoms with Gasteiger partial charge in [0.25, 0.3) is 5.97 Å². The van der Waals surface area contributed by atoms with Gasteiger partial charge in [0.2, 0.25) is 0 Å². The van der Waals surface area contributed by atoms with Crippen LogP contribution < -0.4 is 0 Å². The van der Waals surface area contributed by atoms with Crippen LogP contribution >= 0.6 is 23.2 Å². The molecule has 2 nitrogen and oxygen atoms in total. The number of alkyl halides is 2. The summed E-state index contributed by atoms with van der Waals surface area (Å²) < 4.78 is 0. The third-order valence-corrected chi connectivity index (χ3v) is 2.37. The van der Waals surface area contributed by atoms with Crippen LogP contribution in [0, 0.1) is 0 Å². The van der Waals surface area contributed by atoms with Crippen molar-refractivity contribution in [3.05, 3.63) is 0 Å². The summed E-state index contributed by atoms with van der Waals surface area (Å²) in [5.41, 5.74) is 0. The van der Waals surface area contributed by atoms with Crippen molar-refractivity contribution >= 4 is 29.2 Å². The first-order valence-corrected chi connectivity index (χ1v) is 5.62. The minimum absolute atomic E-state index is 0.202. The molecule has 0 rings (SSSR count).